The largest absolute Gasteiger partial charge is 0.147 e. The Kier molecular flexibility index (Phi) is 3.47. The Labute approximate surface area is 108 Å². The monoisotopic (exact) mass is 350 g/mol. The van der Waals surface area contributed by atoms with Crippen molar-refractivity contribution in [3.63, 3.8) is 0 Å². The van der Waals surface area contributed by atoms with E-state index in [1.807, 2.05) is 0 Å². The summed E-state index contributed by atoms with van der Waals surface area (Å²) in [4.78, 5) is 3.10. The van der Waals surface area contributed by atoms with Crippen LogP contribution in [0.2, 0.25) is 0 Å². The minimum absolute atomic E-state index is 0.346. The van der Waals surface area contributed by atoms with Gasteiger partial charge in [-0.3, -0.25) is 0 Å². The van der Waals surface area contributed by atoms with Crippen molar-refractivity contribution in [2.24, 2.45) is 0 Å². The molecule has 4 heteroatoms. The third kappa shape index (κ3) is 2.13. The highest BCUT2D eigenvalue weighted by Crippen LogP contribution is 2.40. The Morgan fingerprint density at radius 3 is 2.57 bits per heavy atom. The van der Waals surface area contributed by atoms with Crippen LogP contribution in [0.25, 0.3) is 0 Å². The second-order valence-corrected chi connectivity index (χ2v) is 7.33. The molecule has 0 amide bonds. The van der Waals surface area contributed by atoms with Crippen LogP contribution in [-0.2, 0) is 0 Å². The molecule has 0 aromatic carbocycles. The van der Waals surface area contributed by atoms with E-state index >= 15 is 0 Å². The quantitative estimate of drug-likeness (QED) is 0.638. The molecule has 0 saturated carbocycles. The molecule has 0 bridgehead atoms. The van der Waals surface area contributed by atoms with Crippen LogP contribution in [0.15, 0.2) is 27.4 Å². The zero-order valence-corrected chi connectivity index (χ0v) is 12.3. The third-order valence-corrected chi connectivity index (χ3v) is 6.31. The summed E-state index contributed by atoms with van der Waals surface area (Å²) in [6.45, 7) is 2.16. The van der Waals surface area contributed by atoms with E-state index < -0.39 is 0 Å². The molecule has 0 spiro atoms. The van der Waals surface area contributed by atoms with Crippen molar-refractivity contribution in [2.45, 2.75) is 11.8 Å². The van der Waals surface area contributed by atoms with Gasteiger partial charge in [0.2, 0.25) is 0 Å². The van der Waals surface area contributed by atoms with Gasteiger partial charge in [-0.1, -0.05) is 15.9 Å². The van der Waals surface area contributed by atoms with E-state index in [0.29, 0.717) is 4.83 Å². The molecule has 1 unspecified atom stereocenters. The molecule has 0 aliphatic carbocycles. The molecule has 0 fully saturated rings. The summed E-state index contributed by atoms with van der Waals surface area (Å²) in [5.41, 5.74) is 1.36. The summed E-state index contributed by atoms with van der Waals surface area (Å²) in [6, 6.07) is 6.42. The molecule has 74 valence electrons. The SMILES string of the molecule is Cc1ccsc1C(Br)c1ccc(Br)s1. The van der Waals surface area contributed by atoms with Gasteiger partial charge in [0.15, 0.2) is 0 Å². The third-order valence-electron chi connectivity index (χ3n) is 1.98. The lowest BCUT2D eigenvalue weighted by atomic mass is 10.2. The molecule has 0 radical (unpaired) electrons. The number of thiophene rings is 2. The molecule has 0 aliphatic rings. The number of hydrogen-bond donors (Lipinski definition) is 0. The highest BCUT2D eigenvalue weighted by atomic mass is 79.9. The topological polar surface area (TPSA) is 0 Å². The standard InChI is InChI=1S/C10H8Br2S2/c1-6-4-5-13-10(6)9(12)7-2-3-8(11)14-7/h2-5,9H,1H3. The lowest BCUT2D eigenvalue weighted by Crippen LogP contribution is -1.86. The van der Waals surface area contributed by atoms with Crippen LogP contribution >= 0.6 is 54.5 Å². The molecule has 2 rings (SSSR count). The van der Waals surface area contributed by atoms with Gasteiger partial charge in [0.05, 0.1) is 8.61 Å². The summed E-state index contributed by atoms with van der Waals surface area (Å²) < 4.78 is 1.19. The number of halogens is 2. The van der Waals surface area contributed by atoms with Gasteiger partial charge in [-0.05, 0) is 52.0 Å². The zero-order valence-electron chi connectivity index (χ0n) is 7.46. The molecule has 14 heavy (non-hydrogen) atoms. The first-order valence-electron chi connectivity index (χ1n) is 4.12. The highest BCUT2D eigenvalue weighted by Gasteiger charge is 2.15. The maximum absolute atomic E-state index is 3.74. The van der Waals surface area contributed by atoms with Crippen LogP contribution in [0, 0.1) is 6.92 Å². The van der Waals surface area contributed by atoms with Crippen LogP contribution in [-0.4, -0.2) is 0 Å². The fourth-order valence-corrected chi connectivity index (χ4v) is 4.76. The molecule has 0 saturated heterocycles. The smallest absolute Gasteiger partial charge is 0.0834 e. The number of alkyl halides is 1. The van der Waals surface area contributed by atoms with Crippen molar-refractivity contribution >= 4 is 54.5 Å². The summed E-state index contributed by atoms with van der Waals surface area (Å²) >= 11 is 10.8. The first-order valence-corrected chi connectivity index (χ1v) is 7.52. The first-order chi connectivity index (χ1) is 6.68. The molecular formula is C10H8Br2S2. The van der Waals surface area contributed by atoms with E-state index in [1.54, 1.807) is 22.7 Å². The average molecular weight is 352 g/mol. The molecule has 2 heterocycles. The van der Waals surface area contributed by atoms with Gasteiger partial charge < -0.3 is 0 Å². The van der Waals surface area contributed by atoms with E-state index in [9.17, 15) is 0 Å². The summed E-state index contributed by atoms with van der Waals surface area (Å²) in [5, 5.41) is 2.14. The maximum Gasteiger partial charge on any atom is 0.0834 e. The molecule has 1 atom stereocenters. The molecule has 0 aliphatic heterocycles. The van der Waals surface area contributed by atoms with Crippen molar-refractivity contribution in [3.05, 3.63) is 42.7 Å². The molecular weight excluding hydrogens is 344 g/mol. The molecule has 0 N–H and O–H groups in total. The van der Waals surface area contributed by atoms with Gasteiger partial charge in [-0.15, -0.1) is 22.7 Å². The first kappa shape index (κ1) is 10.9. The van der Waals surface area contributed by atoms with Crippen molar-refractivity contribution < 1.29 is 0 Å². The Morgan fingerprint density at radius 2 is 2.07 bits per heavy atom. The van der Waals surface area contributed by atoms with Crippen molar-refractivity contribution in [2.75, 3.05) is 0 Å². The normalized spacial score (nSPS) is 13.1. The predicted octanol–water partition coefficient (Wildman–Crippen LogP) is 5.36. The van der Waals surface area contributed by atoms with Gasteiger partial charge >= 0.3 is 0 Å². The van der Waals surface area contributed by atoms with Crippen LogP contribution < -0.4 is 0 Å². The van der Waals surface area contributed by atoms with Crippen molar-refractivity contribution in [1.82, 2.24) is 0 Å². The van der Waals surface area contributed by atoms with E-state index in [4.69, 9.17) is 0 Å². The summed E-state index contributed by atoms with van der Waals surface area (Å²) in [5.74, 6) is 0. The lowest BCUT2D eigenvalue weighted by Gasteiger charge is -2.05. The highest BCUT2D eigenvalue weighted by molar-refractivity contribution is 9.11. The Hall–Kier alpha value is 0.360. The second kappa shape index (κ2) is 4.47. The number of rotatable bonds is 2. The van der Waals surface area contributed by atoms with Crippen LogP contribution in [0.4, 0.5) is 0 Å². The summed E-state index contributed by atoms with van der Waals surface area (Å²) in [7, 11) is 0. The minimum atomic E-state index is 0.346. The Bertz CT molecular complexity index is 431. The number of hydrogen-bond acceptors (Lipinski definition) is 2. The molecule has 0 nitrogen and oxygen atoms in total. The Morgan fingerprint density at radius 1 is 1.29 bits per heavy atom. The zero-order chi connectivity index (χ0) is 10.1. The van der Waals surface area contributed by atoms with E-state index in [0.717, 1.165) is 0 Å². The minimum Gasteiger partial charge on any atom is -0.147 e. The Balaban J connectivity index is 2.33. The predicted molar refractivity (Wildman–Crippen MR) is 71.8 cm³/mol. The lowest BCUT2D eigenvalue weighted by molar-refractivity contribution is 1.24. The van der Waals surface area contributed by atoms with E-state index in [2.05, 4.69) is 62.4 Å². The van der Waals surface area contributed by atoms with Crippen LogP contribution in [0.3, 0.4) is 0 Å². The van der Waals surface area contributed by atoms with Crippen LogP contribution in [0.5, 0.6) is 0 Å². The second-order valence-electron chi connectivity index (χ2n) is 2.97. The van der Waals surface area contributed by atoms with Gasteiger partial charge in [0.25, 0.3) is 0 Å². The number of aryl methyl sites for hydroxylation is 1. The molecule has 2 aromatic heterocycles. The van der Waals surface area contributed by atoms with Gasteiger partial charge in [0, 0.05) is 9.75 Å². The maximum atomic E-state index is 3.74. The summed E-state index contributed by atoms with van der Waals surface area (Å²) in [6.07, 6.45) is 0. The average Bonchev–Trinajstić information content (AvgIpc) is 2.73. The van der Waals surface area contributed by atoms with E-state index in [-0.39, 0.29) is 0 Å². The van der Waals surface area contributed by atoms with Gasteiger partial charge in [0.1, 0.15) is 0 Å². The van der Waals surface area contributed by atoms with E-state index in [1.165, 1.54) is 19.1 Å². The molecule has 2 aromatic rings. The van der Waals surface area contributed by atoms with Gasteiger partial charge in [-0.25, -0.2) is 0 Å². The van der Waals surface area contributed by atoms with Crippen molar-refractivity contribution in [3.8, 4) is 0 Å². The fourth-order valence-electron chi connectivity index (χ4n) is 1.24. The fraction of sp³-hybridized carbons (Fsp3) is 0.200. The van der Waals surface area contributed by atoms with Crippen molar-refractivity contribution in [1.29, 1.82) is 0 Å². The van der Waals surface area contributed by atoms with Gasteiger partial charge in [-0.2, -0.15) is 0 Å². The van der Waals surface area contributed by atoms with Crippen LogP contribution in [0.1, 0.15) is 20.1 Å².